The number of rotatable bonds is 46. The number of quaternary nitrogens is 1. The second-order valence-electron chi connectivity index (χ2n) is 18.4. The van der Waals surface area contributed by atoms with E-state index in [1.807, 2.05) is 0 Å². The molecule has 0 aliphatic heterocycles. The van der Waals surface area contributed by atoms with Crippen molar-refractivity contribution in [3.63, 3.8) is 0 Å². The topological polar surface area (TPSA) is 102 Å². The molecule has 0 radical (unpaired) electrons. The highest BCUT2D eigenvalue weighted by molar-refractivity contribution is 5.70. The number of carbonyl (C=O) groups excluding carboxylic acids is 3. The van der Waals surface area contributed by atoms with Crippen molar-refractivity contribution < 1.29 is 38.2 Å². The Morgan fingerprint density at radius 1 is 0.492 bits per heavy atom. The molecule has 0 N–H and O–H groups in total. The molecule has 0 heterocycles. The van der Waals surface area contributed by atoms with Crippen LogP contribution in [0, 0.1) is 0 Å². The van der Waals surface area contributed by atoms with E-state index in [9.17, 15) is 19.5 Å². The van der Waals surface area contributed by atoms with E-state index >= 15 is 0 Å². The summed E-state index contributed by atoms with van der Waals surface area (Å²) in [6, 6.07) is -0.726. The Balaban J connectivity index is 4.25. The van der Waals surface area contributed by atoms with Crippen molar-refractivity contribution in [1.29, 1.82) is 0 Å². The predicted octanol–water partition coefficient (Wildman–Crippen LogP) is 13.3. The first-order valence-corrected chi connectivity index (χ1v) is 25.5. The van der Waals surface area contributed by atoms with Crippen LogP contribution in [0.4, 0.5) is 0 Å². The van der Waals surface area contributed by atoms with Gasteiger partial charge in [-0.05, 0) is 64.2 Å². The summed E-state index contributed by atoms with van der Waals surface area (Å²) in [4.78, 5) is 37.0. The van der Waals surface area contributed by atoms with Crippen LogP contribution in [0.15, 0.2) is 36.5 Å². The third-order valence-electron chi connectivity index (χ3n) is 11.5. The highest BCUT2D eigenvalue weighted by Gasteiger charge is 2.25. The van der Waals surface area contributed by atoms with Crippen LogP contribution in [0.5, 0.6) is 0 Å². The third-order valence-corrected chi connectivity index (χ3v) is 11.5. The minimum atomic E-state index is -1.12. The van der Waals surface area contributed by atoms with Gasteiger partial charge in [-0.1, -0.05) is 185 Å². The molecule has 0 aromatic rings. The molecule has 0 saturated heterocycles. The van der Waals surface area contributed by atoms with E-state index in [0.717, 1.165) is 38.5 Å². The van der Waals surface area contributed by atoms with Gasteiger partial charge in [-0.15, -0.1) is 0 Å². The fourth-order valence-electron chi connectivity index (χ4n) is 7.53. The van der Waals surface area contributed by atoms with Crippen molar-refractivity contribution in [3.05, 3.63) is 36.5 Å². The Hall–Kier alpha value is -2.45. The lowest BCUT2D eigenvalue weighted by Crippen LogP contribution is -2.55. The van der Waals surface area contributed by atoms with Gasteiger partial charge in [0.25, 0.3) is 0 Å². The summed E-state index contributed by atoms with van der Waals surface area (Å²) in [6.07, 6.45) is 51.6. The van der Waals surface area contributed by atoms with Gasteiger partial charge in [0.05, 0.1) is 40.3 Å². The molecule has 0 fully saturated rings. The van der Waals surface area contributed by atoms with Crippen LogP contribution in [-0.2, 0) is 28.6 Å². The maximum Gasteiger partial charge on any atom is 0.306 e. The smallest absolute Gasteiger partial charge is 0.306 e. The summed E-state index contributed by atoms with van der Waals surface area (Å²) in [7, 11) is 5.42. The van der Waals surface area contributed by atoms with E-state index in [2.05, 4.69) is 50.3 Å². The molecule has 0 aliphatic rings. The molecule has 0 aromatic heterocycles. The number of carbonyl (C=O) groups is 3. The third kappa shape index (κ3) is 42.6. The van der Waals surface area contributed by atoms with E-state index in [0.29, 0.717) is 12.8 Å². The maximum atomic E-state index is 12.8. The summed E-state index contributed by atoms with van der Waals surface area (Å²) >= 11 is 0. The molecule has 0 rings (SSSR count). The molecule has 0 aliphatic carbocycles. The Bertz CT molecular complexity index is 1090. The van der Waals surface area contributed by atoms with Crippen molar-refractivity contribution in [2.75, 3.05) is 41.0 Å². The van der Waals surface area contributed by atoms with Crippen LogP contribution in [0.2, 0.25) is 0 Å². The molecule has 2 atom stereocenters. The second-order valence-corrected chi connectivity index (χ2v) is 18.4. The number of carboxylic acids is 1. The minimum Gasteiger partial charge on any atom is -0.544 e. The highest BCUT2D eigenvalue weighted by atomic mass is 16.6. The Kier molecular flexibility index (Phi) is 42.4. The van der Waals surface area contributed by atoms with Gasteiger partial charge in [-0.2, -0.15) is 0 Å². The van der Waals surface area contributed by atoms with E-state index in [-0.39, 0.29) is 42.7 Å². The van der Waals surface area contributed by atoms with Crippen LogP contribution >= 0.6 is 0 Å². The van der Waals surface area contributed by atoms with Gasteiger partial charge >= 0.3 is 11.9 Å². The van der Waals surface area contributed by atoms with Crippen LogP contribution in [0.25, 0.3) is 0 Å². The van der Waals surface area contributed by atoms with Gasteiger partial charge in [-0.25, -0.2) is 0 Å². The molecular weight excluding hydrogens is 763 g/mol. The number of nitrogens with zero attached hydrogens (tertiary/aromatic N) is 1. The number of unbranched alkanes of at least 4 members (excludes halogenated alkanes) is 27. The van der Waals surface area contributed by atoms with Gasteiger partial charge in [0.15, 0.2) is 6.10 Å². The number of allylic oxidation sites excluding steroid dienone is 6. The standard InChI is InChI=1S/C53H97NO7/c1-6-8-10-12-14-16-18-20-22-24-25-26-28-30-32-34-36-38-40-42-44-52(56)61-49(47-59-46-45-50(53(57)58)54(3,4)5)48-60-51(55)43-41-39-37-35-33-31-29-27-23-21-19-17-15-13-11-9-7-2/h16,18,20-23,49-50H,6-15,17,19,24-48H2,1-5H3/b18-16+,22-20+,23-21+. The molecule has 356 valence electrons. The van der Waals surface area contributed by atoms with E-state index in [1.165, 1.54) is 161 Å². The summed E-state index contributed by atoms with van der Waals surface area (Å²) in [5.41, 5.74) is 0. The van der Waals surface area contributed by atoms with Crippen molar-refractivity contribution in [2.45, 2.75) is 244 Å². The lowest BCUT2D eigenvalue weighted by molar-refractivity contribution is -0.889. The zero-order valence-electron chi connectivity index (χ0n) is 40.6. The van der Waals surface area contributed by atoms with Gasteiger partial charge < -0.3 is 28.6 Å². The highest BCUT2D eigenvalue weighted by Crippen LogP contribution is 2.15. The Morgan fingerprint density at radius 3 is 1.30 bits per heavy atom. The minimum absolute atomic E-state index is 0.0398. The number of likely N-dealkylation sites (N-methyl/N-ethyl adjacent to an activating group) is 1. The molecule has 0 spiro atoms. The number of aliphatic carboxylic acids is 1. The first-order chi connectivity index (χ1) is 29.6. The quantitative estimate of drug-likeness (QED) is 0.0197. The number of esters is 2. The van der Waals surface area contributed by atoms with Gasteiger partial charge in [0.1, 0.15) is 12.6 Å². The number of ether oxygens (including phenoxy) is 3. The van der Waals surface area contributed by atoms with Crippen LogP contribution in [0.1, 0.15) is 232 Å². The fraction of sp³-hybridized carbons (Fsp3) is 0.830. The summed E-state index contributed by atoms with van der Waals surface area (Å²) in [6.45, 7) is 4.66. The lowest BCUT2D eigenvalue weighted by atomic mass is 10.1. The summed E-state index contributed by atoms with van der Waals surface area (Å²) in [5.74, 6) is -1.73. The molecule has 2 unspecified atom stereocenters. The van der Waals surface area contributed by atoms with Crippen LogP contribution < -0.4 is 5.11 Å². The van der Waals surface area contributed by atoms with Crippen molar-refractivity contribution >= 4 is 17.9 Å². The first kappa shape index (κ1) is 58.6. The normalized spacial score (nSPS) is 13.1. The number of hydrogen-bond donors (Lipinski definition) is 0. The predicted molar refractivity (Wildman–Crippen MR) is 254 cm³/mol. The zero-order chi connectivity index (χ0) is 44.9. The molecule has 61 heavy (non-hydrogen) atoms. The maximum absolute atomic E-state index is 12.8. The van der Waals surface area contributed by atoms with Crippen molar-refractivity contribution in [1.82, 2.24) is 0 Å². The molecule has 0 aromatic carbocycles. The van der Waals surface area contributed by atoms with E-state index in [1.54, 1.807) is 21.1 Å². The van der Waals surface area contributed by atoms with Gasteiger partial charge in [0.2, 0.25) is 0 Å². The monoisotopic (exact) mass is 860 g/mol. The summed E-state index contributed by atoms with van der Waals surface area (Å²) in [5, 5.41) is 11.7. The van der Waals surface area contributed by atoms with Crippen LogP contribution in [-0.4, -0.2) is 75.5 Å². The lowest BCUT2D eigenvalue weighted by Gasteiger charge is -2.34. The Labute approximate surface area is 376 Å². The van der Waals surface area contributed by atoms with Crippen molar-refractivity contribution in [2.24, 2.45) is 0 Å². The molecule has 8 nitrogen and oxygen atoms in total. The fourth-order valence-corrected chi connectivity index (χ4v) is 7.53. The van der Waals surface area contributed by atoms with E-state index in [4.69, 9.17) is 14.2 Å². The molecule has 0 bridgehead atoms. The van der Waals surface area contributed by atoms with Gasteiger partial charge in [-0.3, -0.25) is 9.59 Å². The molecular formula is C53H97NO7. The number of carboxylic acid groups (broad SMARTS) is 1. The molecule has 8 heteroatoms. The molecule has 0 saturated carbocycles. The zero-order valence-corrected chi connectivity index (χ0v) is 40.6. The average Bonchev–Trinajstić information content (AvgIpc) is 3.22. The van der Waals surface area contributed by atoms with Gasteiger partial charge in [0, 0.05) is 19.3 Å². The van der Waals surface area contributed by atoms with Crippen molar-refractivity contribution in [3.8, 4) is 0 Å². The average molecular weight is 860 g/mol. The Morgan fingerprint density at radius 2 is 0.869 bits per heavy atom. The second kappa shape index (κ2) is 44.2. The largest absolute Gasteiger partial charge is 0.544 e. The molecule has 0 amide bonds. The first-order valence-electron chi connectivity index (χ1n) is 25.5. The SMILES string of the molecule is CCCCCC/C=C/C=C/CCCCCCCCCCCCC(=O)OC(COCCC(C(=O)[O-])[N+](C)(C)C)COC(=O)CCCCCCCCC/C=C/CCCCCCCC. The van der Waals surface area contributed by atoms with Crippen LogP contribution in [0.3, 0.4) is 0 Å². The summed E-state index contributed by atoms with van der Waals surface area (Å²) < 4.78 is 17.2. The number of hydrogen-bond acceptors (Lipinski definition) is 7. The van der Waals surface area contributed by atoms with E-state index < -0.39 is 18.1 Å².